The molecule has 0 fully saturated rings. The first kappa shape index (κ1) is 15.5. The first-order valence-electron chi connectivity index (χ1n) is 6.21. The molecule has 0 radical (unpaired) electrons. The zero-order valence-electron chi connectivity index (χ0n) is 11.2. The van der Waals surface area contributed by atoms with Crippen molar-refractivity contribution in [3.63, 3.8) is 0 Å². The molecule has 0 aliphatic heterocycles. The van der Waals surface area contributed by atoms with Crippen molar-refractivity contribution < 1.29 is 22.0 Å². The number of alkyl halides is 3. The van der Waals surface area contributed by atoms with Gasteiger partial charge in [0.2, 0.25) is 0 Å². The van der Waals surface area contributed by atoms with Crippen molar-refractivity contribution in [1.82, 2.24) is 9.78 Å². The Kier molecular flexibility index (Phi) is 3.59. The van der Waals surface area contributed by atoms with Gasteiger partial charge in [0, 0.05) is 11.6 Å². The van der Waals surface area contributed by atoms with Crippen LogP contribution in [0.5, 0.6) is 0 Å². The number of nitrogen functional groups attached to an aromatic ring is 1. The average molecular weight is 345 g/mol. The van der Waals surface area contributed by atoms with Crippen LogP contribution in [0.3, 0.4) is 0 Å². The quantitative estimate of drug-likeness (QED) is 0.696. The summed E-state index contributed by atoms with van der Waals surface area (Å²) in [5.74, 6) is -2.07. The van der Waals surface area contributed by atoms with Gasteiger partial charge in [-0.1, -0.05) is 0 Å². The molecule has 0 atom stereocenters. The van der Waals surface area contributed by atoms with Gasteiger partial charge in [-0.05, 0) is 28.5 Å². The lowest BCUT2D eigenvalue weighted by molar-refractivity contribution is -0.142. The van der Waals surface area contributed by atoms with Gasteiger partial charge in [-0.2, -0.15) is 29.6 Å². The van der Waals surface area contributed by atoms with E-state index in [0.29, 0.717) is 16.3 Å². The minimum Gasteiger partial charge on any atom is -0.396 e. The van der Waals surface area contributed by atoms with Crippen LogP contribution in [0.25, 0.3) is 16.8 Å². The third-order valence-electron chi connectivity index (χ3n) is 3.14. The molecule has 0 aliphatic rings. The summed E-state index contributed by atoms with van der Waals surface area (Å²) in [6, 6.07) is 3.00. The molecule has 3 rings (SSSR count). The second kappa shape index (κ2) is 5.34. The summed E-state index contributed by atoms with van der Waals surface area (Å²) in [5.41, 5.74) is 3.20. The van der Waals surface area contributed by atoms with Crippen molar-refractivity contribution in [2.24, 2.45) is 0 Å². The van der Waals surface area contributed by atoms with E-state index in [2.05, 4.69) is 5.10 Å². The first-order valence-corrected chi connectivity index (χ1v) is 7.16. The third kappa shape index (κ3) is 2.67. The zero-order chi connectivity index (χ0) is 16.8. The molecule has 0 unspecified atom stereocenters. The summed E-state index contributed by atoms with van der Waals surface area (Å²) < 4.78 is 67.7. The summed E-state index contributed by atoms with van der Waals surface area (Å²) in [7, 11) is 0. The number of thiophene rings is 1. The number of nitrogens with two attached hydrogens (primary N) is 1. The fourth-order valence-corrected chi connectivity index (χ4v) is 2.89. The molecule has 0 spiro atoms. The van der Waals surface area contributed by atoms with Gasteiger partial charge in [0.05, 0.1) is 11.9 Å². The van der Waals surface area contributed by atoms with Gasteiger partial charge in [-0.15, -0.1) is 0 Å². The lowest BCUT2D eigenvalue weighted by Crippen LogP contribution is -2.17. The van der Waals surface area contributed by atoms with E-state index in [4.69, 9.17) is 5.73 Å². The van der Waals surface area contributed by atoms with Crippen LogP contribution in [0.4, 0.5) is 27.6 Å². The maximum Gasteiger partial charge on any atom is 0.435 e. The molecule has 2 N–H and O–H groups in total. The van der Waals surface area contributed by atoms with Crippen LogP contribution in [-0.4, -0.2) is 9.78 Å². The van der Waals surface area contributed by atoms with E-state index in [-0.39, 0.29) is 5.56 Å². The molecule has 23 heavy (non-hydrogen) atoms. The van der Waals surface area contributed by atoms with Gasteiger partial charge in [0.15, 0.2) is 11.5 Å². The molecule has 0 saturated carbocycles. The number of hydrogen-bond donors (Lipinski definition) is 1. The van der Waals surface area contributed by atoms with E-state index in [1.807, 2.05) is 0 Å². The lowest BCUT2D eigenvalue weighted by Gasteiger charge is -2.15. The van der Waals surface area contributed by atoms with Gasteiger partial charge < -0.3 is 5.73 Å². The molecule has 0 aliphatic carbocycles. The molecule has 120 valence electrons. The maximum absolute atomic E-state index is 14.3. The van der Waals surface area contributed by atoms with Crippen LogP contribution in [0, 0.1) is 11.6 Å². The monoisotopic (exact) mass is 345 g/mol. The van der Waals surface area contributed by atoms with Gasteiger partial charge in [0.25, 0.3) is 0 Å². The van der Waals surface area contributed by atoms with Crippen LogP contribution >= 0.6 is 11.3 Å². The number of hydrogen-bond acceptors (Lipinski definition) is 3. The van der Waals surface area contributed by atoms with E-state index in [1.54, 1.807) is 16.8 Å². The Balaban J connectivity index is 2.34. The van der Waals surface area contributed by atoms with Crippen molar-refractivity contribution in [2.45, 2.75) is 6.18 Å². The average Bonchev–Trinajstić information content (AvgIpc) is 3.06. The summed E-state index contributed by atoms with van der Waals surface area (Å²) in [5, 5.41) is 6.74. The highest BCUT2D eigenvalue weighted by atomic mass is 32.1. The number of rotatable bonds is 2. The number of nitrogens with zero attached hydrogens (tertiary/aromatic N) is 2. The van der Waals surface area contributed by atoms with Gasteiger partial charge in [-0.3, -0.25) is 0 Å². The Hall–Kier alpha value is -2.42. The molecule has 1 aromatic carbocycles. The van der Waals surface area contributed by atoms with Crippen LogP contribution in [0.1, 0.15) is 5.69 Å². The number of halogens is 5. The third-order valence-corrected chi connectivity index (χ3v) is 3.82. The van der Waals surface area contributed by atoms with Crippen molar-refractivity contribution >= 4 is 17.0 Å². The fraction of sp³-hybridized carbons (Fsp3) is 0.0714. The second-order valence-corrected chi connectivity index (χ2v) is 5.43. The highest BCUT2D eigenvalue weighted by Gasteiger charge is 2.39. The van der Waals surface area contributed by atoms with E-state index < -0.39 is 34.9 Å². The summed E-state index contributed by atoms with van der Waals surface area (Å²) in [6.07, 6.45) is -4.06. The zero-order valence-corrected chi connectivity index (χ0v) is 12.1. The van der Waals surface area contributed by atoms with Crippen LogP contribution in [0.15, 0.2) is 35.2 Å². The minimum atomic E-state index is -4.84. The summed E-state index contributed by atoms with van der Waals surface area (Å²) in [6.45, 7) is 0. The highest BCUT2D eigenvalue weighted by Crippen LogP contribution is 2.38. The van der Waals surface area contributed by atoms with Crippen molar-refractivity contribution in [3.8, 4) is 16.8 Å². The van der Waals surface area contributed by atoms with E-state index in [1.165, 1.54) is 11.3 Å². The van der Waals surface area contributed by atoms with Gasteiger partial charge in [0.1, 0.15) is 11.5 Å². The smallest absolute Gasteiger partial charge is 0.396 e. The normalized spacial score (nSPS) is 11.9. The van der Waals surface area contributed by atoms with Crippen LogP contribution in [0.2, 0.25) is 0 Å². The minimum absolute atomic E-state index is 0.0441. The molecule has 3 nitrogen and oxygen atoms in total. The van der Waals surface area contributed by atoms with Crippen molar-refractivity contribution in [2.75, 3.05) is 5.73 Å². The second-order valence-electron chi connectivity index (χ2n) is 4.65. The molecular weight excluding hydrogens is 337 g/mol. The lowest BCUT2D eigenvalue weighted by atomic mass is 10.1. The Morgan fingerprint density at radius 3 is 2.52 bits per heavy atom. The van der Waals surface area contributed by atoms with Crippen LogP contribution in [-0.2, 0) is 6.18 Å². The fourth-order valence-electron chi connectivity index (χ4n) is 2.23. The Labute approximate surface area is 130 Å². The highest BCUT2D eigenvalue weighted by molar-refractivity contribution is 7.08. The standard InChI is InChI=1S/C14H8F5N3S/c15-8-3-9(7-1-2-23-6-7)12(10(16)4-8)22-13(14(17,18)19)11(20)5-21-22/h1-6H,20H2. The molecule has 0 saturated heterocycles. The summed E-state index contributed by atoms with van der Waals surface area (Å²) >= 11 is 1.24. The Morgan fingerprint density at radius 1 is 1.17 bits per heavy atom. The van der Waals surface area contributed by atoms with E-state index in [9.17, 15) is 22.0 Å². The topological polar surface area (TPSA) is 43.8 Å². The van der Waals surface area contributed by atoms with E-state index in [0.717, 1.165) is 12.3 Å². The first-order chi connectivity index (χ1) is 10.8. The molecule has 9 heteroatoms. The predicted octanol–water partition coefficient (Wildman–Crippen LogP) is 4.48. The maximum atomic E-state index is 14.3. The Bertz CT molecular complexity index is 852. The van der Waals surface area contributed by atoms with Crippen molar-refractivity contribution in [3.05, 3.63) is 52.5 Å². The molecule has 2 aromatic heterocycles. The largest absolute Gasteiger partial charge is 0.435 e. The molecule has 2 heterocycles. The summed E-state index contributed by atoms with van der Waals surface area (Å²) in [4.78, 5) is 0. The van der Waals surface area contributed by atoms with Crippen molar-refractivity contribution in [1.29, 1.82) is 0 Å². The molecule has 3 aromatic rings. The molecule has 0 amide bonds. The number of benzene rings is 1. The Morgan fingerprint density at radius 2 is 1.91 bits per heavy atom. The van der Waals surface area contributed by atoms with Gasteiger partial charge >= 0.3 is 6.18 Å². The number of aromatic nitrogens is 2. The molecular formula is C14H8F5N3S. The van der Waals surface area contributed by atoms with Gasteiger partial charge in [-0.25, -0.2) is 13.5 Å². The number of anilines is 1. The van der Waals surface area contributed by atoms with Crippen LogP contribution < -0.4 is 5.73 Å². The SMILES string of the molecule is Nc1cnn(-c2c(F)cc(F)cc2-c2ccsc2)c1C(F)(F)F. The molecule has 0 bridgehead atoms. The predicted molar refractivity (Wildman–Crippen MR) is 76.2 cm³/mol. The van der Waals surface area contributed by atoms with E-state index >= 15 is 0 Å².